The van der Waals surface area contributed by atoms with Crippen molar-refractivity contribution in [2.75, 3.05) is 12.4 Å². The van der Waals surface area contributed by atoms with Gasteiger partial charge in [0.2, 0.25) is 11.6 Å². The van der Waals surface area contributed by atoms with Gasteiger partial charge in [0.1, 0.15) is 30.5 Å². The highest BCUT2D eigenvalue weighted by Gasteiger charge is 2.17. The van der Waals surface area contributed by atoms with E-state index in [1.807, 2.05) is 19.1 Å². The van der Waals surface area contributed by atoms with Crippen LogP contribution < -0.4 is 19.7 Å². The van der Waals surface area contributed by atoms with Crippen molar-refractivity contribution in [2.45, 2.75) is 6.92 Å². The fourth-order valence-electron chi connectivity index (χ4n) is 3.29. The molecular formula is C21H16FN7O3. The summed E-state index contributed by atoms with van der Waals surface area (Å²) in [6.07, 6.45) is 4.36. The predicted molar refractivity (Wildman–Crippen MR) is 113 cm³/mol. The van der Waals surface area contributed by atoms with E-state index in [-0.39, 0.29) is 11.5 Å². The van der Waals surface area contributed by atoms with Gasteiger partial charge in [-0.05, 0) is 42.8 Å². The highest BCUT2D eigenvalue weighted by Crippen LogP contribution is 2.39. The first-order valence-corrected chi connectivity index (χ1v) is 9.47. The average Bonchev–Trinajstić information content (AvgIpc) is 3.28. The Morgan fingerprint density at radius 2 is 1.84 bits per heavy atom. The molecule has 0 spiro atoms. The normalized spacial score (nSPS) is 11.0. The lowest BCUT2D eigenvalue weighted by molar-refractivity contribution is -0.00693. The lowest BCUT2D eigenvalue weighted by atomic mass is 10.1. The van der Waals surface area contributed by atoms with Gasteiger partial charge in [-0.25, -0.2) is 24.5 Å². The molecule has 0 amide bonds. The molecule has 0 atom stereocenters. The van der Waals surface area contributed by atoms with E-state index in [2.05, 4.69) is 35.3 Å². The molecular weight excluding hydrogens is 417 g/mol. The number of hydrogen-bond acceptors (Lipinski definition) is 9. The summed E-state index contributed by atoms with van der Waals surface area (Å²) in [6, 6.07) is 10.4. The molecule has 3 aromatic heterocycles. The minimum absolute atomic E-state index is 0.0975. The maximum Gasteiger partial charge on any atom is 0.226 e. The van der Waals surface area contributed by atoms with Crippen LogP contribution in [0.1, 0.15) is 5.56 Å². The maximum atomic E-state index is 13.3. The third-order valence-electron chi connectivity index (χ3n) is 4.82. The van der Waals surface area contributed by atoms with E-state index in [0.717, 1.165) is 5.56 Å². The summed E-state index contributed by atoms with van der Waals surface area (Å²) < 4.78 is 26.0. The molecule has 0 aliphatic rings. The molecule has 2 aromatic carbocycles. The van der Waals surface area contributed by atoms with Crippen LogP contribution in [-0.2, 0) is 0 Å². The monoisotopic (exact) mass is 433 g/mol. The molecule has 0 aliphatic carbocycles. The van der Waals surface area contributed by atoms with Gasteiger partial charge in [0.25, 0.3) is 0 Å². The first-order chi connectivity index (χ1) is 15.7. The van der Waals surface area contributed by atoms with Gasteiger partial charge in [-0.3, -0.25) is 4.94 Å². The number of aromatic nitrogens is 6. The summed E-state index contributed by atoms with van der Waals surface area (Å²) in [6.45, 7) is 1.90. The van der Waals surface area contributed by atoms with Gasteiger partial charge in [-0.1, -0.05) is 0 Å². The highest BCUT2D eigenvalue weighted by molar-refractivity contribution is 5.97. The molecule has 0 unspecified atom stereocenters. The third-order valence-corrected chi connectivity index (χ3v) is 4.82. The SMILES string of the molecule is COc1ccc2ncnc(Nc3ccc(Oc4cc5ncnn5cn4)c(C)c3)c2c1OF. The van der Waals surface area contributed by atoms with Crippen LogP contribution in [0.2, 0.25) is 0 Å². The van der Waals surface area contributed by atoms with Crippen molar-refractivity contribution < 1.29 is 18.9 Å². The Morgan fingerprint density at radius 3 is 2.66 bits per heavy atom. The molecule has 5 rings (SSSR count). The van der Waals surface area contributed by atoms with Gasteiger partial charge in [-0.15, -0.1) is 0 Å². The van der Waals surface area contributed by atoms with E-state index < -0.39 is 0 Å². The van der Waals surface area contributed by atoms with Crippen LogP contribution in [0.15, 0.2) is 55.4 Å². The van der Waals surface area contributed by atoms with E-state index in [0.29, 0.717) is 39.7 Å². The second kappa shape index (κ2) is 7.95. The van der Waals surface area contributed by atoms with Crippen molar-refractivity contribution in [3.05, 3.63) is 60.9 Å². The van der Waals surface area contributed by atoms with Gasteiger partial charge in [0, 0.05) is 16.3 Å². The van der Waals surface area contributed by atoms with Crippen molar-refractivity contribution in [3.63, 3.8) is 0 Å². The van der Waals surface area contributed by atoms with Crippen LogP contribution >= 0.6 is 0 Å². The number of hydrogen-bond donors (Lipinski definition) is 1. The molecule has 0 radical (unpaired) electrons. The zero-order valence-corrected chi connectivity index (χ0v) is 17.0. The van der Waals surface area contributed by atoms with E-state index in [1.54, 1.807) is 28.8 Å². The zero-order chi connectivity index (χ0) is 22.1. The zero-order valence-electron chi connectivity index (χ0n) is 17.0. The molecule has 0 aliphatic heterocycles. The summed E-state index contributed by atoms with van der Waals surface area (Å²) in [7, 11) is 1.43. The lowest BCUT2D eigenvalue weighted by Gasteiger charge is -2.13. The van der Waals surface area contributed by atoms with Crippen LogP contribution in [0.4, 0.5) is 16.0 Å². The number of fused-ring (bicyclic) bond motifs is 2. The van der Waals surface area contributed by atoms with Gasteiger partial charge < -0.3 is 14.8 Å². The van der Waals surface area contributed by atoms with Crippen LogP contribution in [-0.4, -0.2) is 36.7 Å². The maximum absolute atomic E-state index is 13.3. The minimum Gasteiger partial charge on any atom is -0.493 e. The molecule has 32 heavy (non-hydrogen) atoms. The Kier molecular flexibility index (Phi) is 4.82. The second-order valence-corrected chi connectivity index (χ2v) is 6.79. The molecule has 3 heterocycles. The Labute approximate surface area is 180 Å². The Morgan fingerprint density at radius 1 is 0.969 bits per heavy atom. The number of anilines is 2. The average molecular weight is 433 g/mol. The first kappa shape index (κ1) is 19.4. The third kappa shape index (κ3) is 3.45. The van der Waals surface area contributed by atoms with Crippen molar-refractivity contribution in [1.82, 2.24) is 29.5 Å². The van der Waals surface area contributed by atoms with Crippen molar-refractivity contribution in [3.8, 4) is 23.1 Å². The number of nitrogens with one attached hydrogen (secondary N) is 1. The molecule has 160 valence electrons. The lowest BCUT2D eigenvalue weighted by Crippen LogP contribution is -1.99. The summed E-state index contributed by atoms with van der Waals surface area (Å²) >= 11 is 0. The Balaban J connectivity index is 1.45. The molecule has 1 N–H and O–H groups in total. The Hall–Kier alpha value is -4.54. The van der Waals surface area contributed by atoms with Crippen LogP contribution in [0.3, 0.4) is 0 Å². The molecule has 0 fully saturated rings. The molecule has 0 saturated heterocycles. The highest BCUT2D eigenvalue weighted by atomic mass is 19.3. The number of halogens is 1. The number of aryl methyl sites for hydroxylation is 1. The molecule has 5 aromatic rings. The van der Waals surface area contributed by atoms with Crippen LogP contribution in [0.5, 0.6) is 23.1 Å². The number of ether oxygens (including phenoxy) is 2. The largest absolute Gasteiger partial charge is 0.493 e. The number of nitrogens with zero attached hydrogens (tertiary/aromatic N) is 6. The standard InChI is InChI=1S/C21H16FN7O3/c1-12-7-13(3-5-15(12)31-18-8-17-24-10-27-29(17)11-26-18)28-21-19-14(23-9-25-21)4-6-16(30-2)20(19)32-22/h3-11H,1-2H3,(H,23,25,28). The van der Waals surface area contributed by atoms with Gasteiger partial charge in [-0.2, -0.15) is 5.10 Å². The molecule has 0 bridgehead atoms. The number of benzene rings is 2. The predicted octanol–water partition coefficient (Wildman–Crippen LogP) is 4.18. The van der Waals surface area contributed by atoms with E-state index in [4.69, 9.17) is 9.47 Å². The molecule has 10 nitrogen and oxygen atoms in total. The van der Waals surface area contributed by atoms with Crippen molar-refractivity contribution in [1.29, 1.82) is 0 Å². The summed E-state index contributed by atoms with van der Waals surface area (Å²) in [5, 5.41) is 7.55. The molecule has 0 saturated carbocycles. The molecule has 11 heteroatoms. The van der Waals surface area contributed by atoms with Crippen molar-refractivity contribution >= 4 is 28.1 Å². The minimum atomic E-state index is -0.0975. The summed E-state index contributed by atoms with van der Waals surface area (Å²) in [4.78, 5) is 20.8. The number of methoxy groups -OCH3 is 1. The van der Waals surface area contributed by atoms with Gasteiger partial charge in [0.15, 0.2) is 11.4 Å². The van der Waals surface area contributed by atoms with Gasteiger partial charge >= 0.3 is 0 Å². The first-order valence-electron chi connectivity index (χ1n) is 9.47. The topological polar surface area (TPSA) is 109 Å². The van der Waals surface area contributed by atoms with Crippen molar-refractivity contribution in [2.24, 2.45) is 0 Å². The van der Waals surface area contributed by atoms with E-state index in [9.17, 15) is 4.53 Å². The van der Waals surface area contributed by atoms with Crippen LogP contribution in [0, 0.1) is 6.92 Å². The second-order valence-electron chi connectivity index (χ2n) is 6.79. The fourth-order valence-corrected chi connectivity index (χ4v) is 3.29. The van der Waals surface area contributed by atoms with Crippen LogP contribution in [0.25, 0.3) is 16.6 Å². The quantitative estimate of drug-likeness (QED) is 0.422. The fraction of sp³-hybridized carbons (Fsp3) is 0.0952. The summed E-state index contributed by atoms with van der Waals surface area (Å²) in [5.74, 6) is 1.52. The van der Waals surface area contributed by atoms with E-state index in [1.165, 1.54) is 26.1 Å². The van der Waals surface area contributed by atoms with Gasteiger partial charge in [0.05, 0.1) is 18.0 Å². The number of rotatable bonds is 6. The van der Waals surface area contributed by atoms with E-state index >= 15 is 0 Å². The smallest absolute Gasteiger partial charge is 0.226 e. The Bertz CT molecular complexity index is 1440. The summed E-state index contributed by atoms with van der Waals surface area (Å²) in [5.41, 5.74) is 2.69.